The van der Waals surface area contributed by atoms with E-state index in [0.29, 0.717) is 17.1 Å². The Bertz CT molecular complexity index is 1260. The Hall–Kier alpha value is -3.61. The van der Waals surface area contributed by atoms with E-state index in [1.807, 2.05) is 61.0 Å². The van der Waals surface area contributed by atoms with Gasteiger partial charge in [-0.3, -0.25) is 14.5 Å². The van der Waals surface area contributed by atoms with E-state index in [4.69, 9.17) is 9.84 Å². The van der Waals surface area contributed by atoms with Crippen molar-refractivity contribution in [3.63, 3.8) is 0 Å². The van der Waals surface area contributed by atoms with Crippen LogP contribution in [0.15, 0.2) is 48.5 Å². The molecule has 5 rings (SSSR count). The first-order chi connectivity index (χ1) is 17.0. The number of carbonyl (C=O) groups excluding carboxylic acids is 2. The van der Waals surface area contributed by atoms with E-state index in [0.717, 1.165) is 54.6 Å². The Kier molecular flexibility index (Phi) is 6.32. The summed E-state index contributed by atoms with van der Waals surface area (Å²) >= 11 is 0. The van der Waals surface area contributed by atoms with Crippen molar-refractivity contribution >= 4 is 17.5 Å². The Labute approximate surface area is 206 Å². The third kappa shape index (κ3) is 4.20. The zero-order valence-corrected chi connectivity index (χ0v) is 20.6. The first kappa shape index (κ1) is 23.1. The van der Waals surface area contributed by atoms with Gasteiger partial charge >= 0.3 is 0 Å². The fourth-order valence-corrected chi connectivity index (χ4v) is 5.09. The van der Waals surface area contributed by atoms with Crippen LogP contribution >= 0.6 is 0 Å². The van der Waals surface area contributed by atoms with Crippen molar-refractivity contribution in [1.82, 2.24) is 15.1 Å². The maximum atomic E-state index is 14.0. The molecule has 1 unspecified atom stereocenters. The topological polar surface area (TPSA) is 76.5 Å². The lowest BCUT2D eigenvalue weighted by atomic mass is 10.1. The van der Waals surface area contributed by atoms with Gasteiger partial charge in [0.1, 0.15) is 5.75 Å². The molecule has 35 heavy (non-hydrogen) atoms. The molecule has 0 radical (unpaired) electrons. The number of rotatable bonds is 6. The Morgan fingerprint density at radius 3 is 2.51 bits per heavy atom. The Balaban J connectivity index is 1.51. The molecule has 2 amide bonds. The molecule has 0 fully saturated rings. The van der Waals surface area contributed by atoms with Crippen LogP contribution in [0.3, 0.4) is 0 Å². The zero-order chi connectivity index (χ0) is 24.5. The second-order valence-electron chi connectivity index (χ2n) is 9.34. The van der Waals surface area contributed by atoms with Crippen molar-refractivity contribution in [2.75, 3.05) is 11.4 Å². The van der Waals surface area contributed by atoms with Crippen molar-refractivity contribution in [2.24, 2.45) is 0 Å². The molecule has 7 heteroatoms. The number of carbonyl (C=O) groups is 2. The molecule has 1 aliphatic heterocycles. The van der Waals surface area contributed by atoms with Gasteiger partial charge in [-0.1, -0.05) is 44.2 Å². The van der Waals surface area contributed by atoms with Gasteiger partial charge in [0.05, 0.1) is 17.9 Å². The lowest BCUT2D eigenvalue weighted by molar-refractivity contribution is -0.128. The minimum atomic E-state index is -0.777. The lowest BCUT2D eigenvalue weighted by Crippen LogP contribution is -2.52. The van der Waals surface area contributed by atoms with Gasteiger partial charge < -0.3 is 10.1 Å². The number of hydrogen-bond acceptors (Lipinski definition) is 4. The fourth-order valence-electron chi connectivity index (χ4n) is 5.09. The second kappa shape index (κ2) is 9.56. The highest BCUT2D eigenvalue weighted by Crippen LogP contribution is 2.36. The molecular formula is C28H32N4O3. The number of amides is 2. The highest BCUT2D eigenvalue weighted by molar-refractivity contribution is 6.07. The average molecular weight is 473 g/mol. The molecule has 1 atom stereocenters. The van der Waals surface area contributed by atoms with Gasteiger partial charge in [0.25, 0.3) is 11.8 Å². The quantitative estimate of drug-likeness (QED) is 0.578. The summed E-state index contributed by atoms with van der Waals surface area (Å²) < 4.78 is 7.99. The number of fused-ring (bicyclic) bond motifs is 2. The zero-order valence-electron chi connectivity index (χ0n) is 20.6. The summed E-state index contributed by atoms with van der Waals surface area (Å²) in [4.78, 5) is 28.7. The number of hydrogen-bond donors (Lipinski definition) is 1. The molecule has 0 saturated heterocycles. The minimum Gasteiger partial charge on any atom is -0.477 e. The SMILES string of the molecule is CCC(CC)NC(=O)C1CN(C(=O)c2nn(-c3ccccc3C)c3c2CCC3)c2ccccc2O1. The molecule has 2 heterocycles. The van der Waals surface area contributed by atoms with E-state index >= 15 is 0 Å². The van der Waals surface area contributed by atoms with Gasteiger partial charge in [-0.05, 0) is 62.8 Å². The maximum absolute atomic E-state index is 14.0. The van der Waals surface area contributed by atoms with Crippen molar-refractivity contribution in [3.8, 4) is 11.4 Å². The summed E-state index contributed by atoms with van der Waals surface area (Å²) in [6, 6.07) is 15.6. The predicted octanol–water partition coefficient (Wildman–Crippen LogP) is 4.38. The average Bonchev–Trinajstić information content (AvgIpc) is 3.49. The number of nitrogens with zero attached hydrogens (tertiary/aromatic N) is 3. The molecule has 2 aromatic carbocycles. The number of aryl methyl sites for hydroxylation is 1. The summed E-state index contributed by atoms with van der Waals surface area (Å²) in [5, 5.41) is 7.91. The summed E-state index contributed by atoms with van der Waals surface area (Å²) in [6.45, 7) is 6.30. The predicted molar refractivity (Wildman–Crippen MR) is 135 cm³/mol. The van der Waals surface area contributed by atoms with Crippen LogP contribution in [0.4, 0.5) is 5.69 Å². The number of ether oxygens (including phenoxy) is 1. The van der Waals surface area contributed by atoms with Crippen LogP contribution in [0.1, 0.15) is 60.4 Å². The lowest BCUT2D eigenvalue weighted by Gasteiger charge is -2.34. The van der Waals surface area contributed by atoms with Crippen LogP contribution in [0.25, 0.3) is 5.69 Å². The summed E-state index contributed by atoms with van der Waals surface area (Å²) in [5.74, 6) is 0.153. The maximum Gasteiger partial charge on any atom is 0.279 e. The number of anilines is 1. The first-order valence-electron chi connectivity index (χ1n) is 12.6. The molecule has 0 spiro atoms. The Morgan fingerprint density at radius 2 is 1.77 bits per heavy atom. The fraction of sp³-hybridized carbons (Fsp3) is 0.393. The van der Waals surface area contributed by atoms with Crippen LogP contribution in [-0.2, 0) is 17.6 Å². The molecule has 182 valence electrons. The van der Waals surface area contributed by atoms with Gasteiger partial charge in [0.2, 0.25) is 0 Å². The highest BCUT2D eigenvalue weighted by Gasteiger charge is 2.37. The monoisotopic (exact) mass is 472 g/mol. The number of para-hydroxylation sites is 3. The molecule has 7 nitrogen and oxygen atoms in total. The van der Waals surface area contributed by atoms with Gasteiger partial charge in [-0.25, -0.2) is 4.68 Å². The normalized spacial score (nSPS) is 16.6. The molecule has 0 bridgehead atoms. The Morgan fingerprint density at radius 1 is 1.06 bits per heavy atom. The molecular weight excluding hydrogens is 440 g/mol. The largest absolute Gasteiger partial charge is 0.477 e. The summed E-state index contributed by atoms with van der Waals surface area (Å²) in [6.07, 6.45) is 3.63. The molecule has 1 aliphatic carbocycles. The van der Waals surface area contributed by atoms with E-state index in [2.05, 4.69) is 18.3 Å². The molecule has 3 aromatic rings. The van der Waals surface area contributed by atoms with E-state index in [1.54, 1.807) is 4.90 Å². The van der Waals surface area contributed by atoms with Gasteiger partial charge in [-0.2, -0.15) is 5.10 Å². The van der Waals surface area contributed by atoms with E-state index < -0.39 is 6.10 Å². The summed E-state index contributed by atoms with van der Waals surface area (Å²) in [5.41, 5.74) is 5.36. The van der Waals surface area contributed by atoms with Crippen LogP contribution in [0.2, 0.25) is 0 Å². The molecule has 1 aromatic heterocycles. The van der Waals surface area contributed by atoms with Crippen LogP contribution in [0, 0.1) is 6.92 Å². The minimum absolute atomic E-state index is 0.0838. The van der Waals surface area contributed by atoms with E-state index in [-0.39, 0.29) is 24.4 Å². The van der Waals surface area contributed by atoms with E-state index in [1.165, 1.54) is 0 Å². The first-order valence-corrected chi connectivity index (χ1v) is 12.6. The van der Waals surface area contributed by atoms with Crippen LogP contribution in [-0.4, -0.2) is 40.3 Å². The second-order valence-corrected chi connectivity index (χ2v) is 9.34. The van der Waals surface area contributed by atoms with Gasteiger partial charge in [-0.15, -0.1) is 0 Å². The van der Waals surface area contributed by atoms with Crippen molar-refractivity contribution in [2.45, 2.75) is 65.0 Å². The molecule has 2 aliphatic rings. The summed E-state index contributed by atoms with van der Waals surface area (Å²) in [7, 11) is 0. The van der Waals surface area contributed by atoms with E-state index in [9.17, 15) is 9.59 Å². The van der Waals surface area contributed by atoms with Crippen LogP contribution < -0.4 is 15.0 Å². The molecule has 0 saturated carbocycles. The number of benzene rings is 2. The van der Waals surface area contributed by atoms with Crippen molar-refractivity contribution in [1.29, 1.82) is 0 Å². The highest BCUT2D eigenvalue weighted by atomic mass is 16.5. The van der Waals surface area contributed by atoms with Gasteiger partial charge in [0.15, 0.2) is 11.8 Å². The number of nitrogens with one attached hydrogen (secondary N) is 1. The van der Waals surface area contributed by atoms with Crippen molar-refractivity contribution in [3.05, 3.63) is 71.0 Å². The van der Waals surface area contributed by atoms with Gasteiger partial charge in [0, 0.05) is 17.3 Å². The smallest absolute Gasteiger partial charge is 0.279 e. The standard InChI is InChI=1S/C28H32N4O3/c1-4-19(5-2)29-27(33)25-17-31(23-14-8-9-16-24(23)35-25)28(34)26-20-12-10-15-22(20)32(30-26)21-13-7-6-11-18(21)3/h6-9,11,13-14,16,19,25H,4-5,10,12,15,17H2,1-3H3,(H,29,33). The number of aromatic nitrogens is 2. The third-order valence-corrected chi connectivity index (χ3v) is 7.12. The van der Waals surface area contributed by atoms with Crippen molar-refractivity contribution < 1.29 is 14.3 Å². The van der Waals surface area contributed by atoms with Crippen LogP contribution in [0.5, 0.6) is 5.75 Å². The third-order valence-electron chi connectivity index (χ3n) is 7.12. The molecule has 1 N–H and O–H groups in total.